The summed E-state index contributed by atoms with van der Waals surface area (Å²) in [6, 6.07) is -0.0521. The first-order valence-corrected chi connectivity index (χ1v) is 8.93. The average molecular weight is 333 g/mol. The molecule has 2 fully saturated rings. The molecule has 6 heteroatoms. The Kier molecular flexibility index (Phi) is 3.24. The maximum absolute atomic E-state index is 13.6. The molecule has 0 unspecified atom stereocenters. The Balaban J connectivity index is 1.71. The zero-order valence-electron chi connectivity index (χ0n) is 13.6. The lowest BCUT2D eigenvalue weighted by molar-refractivity contribution is 0.0446. The number of carbonyl (C=O) groups is 1. The number of carbonyl (C=O) groups excluding carboxylic acids is 1. The van der Waals surface area contributed by atoms with Crippen LogP contribution in [-0.4, -0.2) is 27.8 Å². The van der Waals surface area contributed by atoms with Gasteiger partial charge in [-0.05, 0) is 50.7 Å². The van der Waals surface area contributed by atoms with Crippen LogP contribution in [0.3, 0.4) is 0 Å². The fourth-order valence-corrected chi connectivity index (χ4v) is 4.66. The van der Waals surface area contributed by atoms with Crippen molar-refractivity contribution in [1.82, 2.24) is 15.5 Å². The second kappa shape index (κ2) is 4.97. The van der Waals surface area contributed by atoms with Gasteiger partial charge in [-0.25, -0.2) is 4.39 Å². The number of thiophene rings is 1. The maximum atomic E-state index is 13.6. The molecule has 2 aliphatic rings. The van der Waals surface area contributed by atoms with Crippen LogP contribution in [0.25, 0.3) is 10.2 Å². The van der Waals surface area contributed by atoms with Gasteiger partial charge < -0.3 is 5.32 Å². The molecule has 1 N–H and O–H groups in total. The predicted molar refractivity (Wildman–Crippen MR) is 88.9 cm³/mol. The molecule has 0 saturated heterocycles. The lowest BCUT2D eigenvalue weighted by atomic mass is 9.79. The molecule has 0 bridgehead atoms. The van der Waals surface area contributed by atoms with Crippen LogP contribution in [-0.2, 0) is 0 Å². The Morgan fingerprint density at radius 3 is 2.61 bits per heavy atom. The van der Waals surface area contributed by atoms with Gasteiger partial charge in [0.15, 0.2) is 0 Å². The van der Waals surface area contributed by atoms with Crippen molar-refractivity contribution in [3.05, 3.63) is 21.7 Å². The zero-order valence-corrected chi connectivity index (χ0v) is 14.4. The molecular weight excluding hydrogens is 313 g/mol. The third kappa shape index (κ3) is 2.53. The summed E-state index contributed by atoms with van der Waals surface area (Å²) >= 11 is 1.42. The quantitative estimate of drug-likeness (QED) is 0.929. The molecule has 4 rings (SSSR count). The van der Waals surface area contributed by atoms with Gasteiger partial charge in [-0.1, -0.05) is 0 Å². The third-order valence-corrected chi connectivity index (χ3v) is 6.09. The van der Waals surface area contributed by atoms with E-state index in [0.717, 1.165) is 44.8 Å². The number of fused-ring (bicyclic) bond motifs is 1. The molecule has 0 aliphatic heterocycles. The molecule has 0 aromatic carbocycles. The van der Waals surface area contributed by atoms with E-state index in [4.69, 9.17) is 0 Å². The van der Waals surface area contributed by atoms with Crippen molar-refractivity contribution >= 4 is 27.5 Å². The largest absolute Gasteiger partial charge is 0.348 e. The molecular formula is C17H20FN3OS. The molecule has 122 valence electrons. The number of amides is 1. The number of hydrogen-bond donors (Lipinski definition) is 1. The highest BCUT2D eigenvalue weighted by Crippen LogP contribution is 2.48. The number of hydrogen-bond acceptors (Lipinski definition) is 4. The van der Waals surface area contributed by atoms with Crippen LogP contribution in [0.5, 0.6) is 0 Å². The van der Waals surface area contributed by atoms with Gasteiger partial charge in [0.05, 0.1) is 10.6 Å². The number of nitrogens with one attached hydrogen (secondary N) is 1. The van der Waals surface area contributed by atoms with Gasteiger partial charge in [0.1, 0.15) is 10.5 Å². The Morgan fingerprint density at radius 2 is 2.00 bits per heavy atom. The topological polar surface area (TPSA) is 54.9 Å². The normalized spacial score (nSPS) is 27.0. The van der Waals surface area contributed by atoms with Gasteiger partial charge in [-0.15, -0.1) is 16.4 Å². The first-order valence-electron chi connectivity index (χ1n) is 8.12. The number of rotatable bonds is 3. The van der Waals surface area contributed by atoms with Crippen molar-refractivity contribution in [1.29, 1.82) is 0 Å². The van der Waals surface area contributed by atoms with Gasteiger partial charge >= 0.3 is 0 Å². The predicted octanol–water partition coefficient (Wildman–Crippen LogP) is 3.81. The number of halogens is 1. The highest BCUT2D eigenvalue weighted by atomic mass is 32.1. The van der Waals surface area contributed by atoms with Crippen LogP contribution in [0.4, 0.5) is 4.39 Å². The van der Waals surface area contributed by atoms with E-state index in [1.807, 2.05) is 13.8 Å². The number of alkyl halides is 1. The Labute approximate surface area is 138 Å². The van der Waals surface area contributed by atoms with Gasteiger partial charge in [0.2, 0.25) is 0 Å². The second-order valence-electron chi connectivity index (χ2n) is 7.20. The van der Waals surface area contributed by atoms with Crippen molar-refractivity contribution in [2.75, 3.05) is 0 Å². The molecule has 2 saturated carbocycles. The number of nitrogens with zero attached hydrogens (tertiary/aromatic N) is 2. The van der Waals surface area contributed by atoms with Crippen molar-refractivity contribution in [2.24, 2.45) is 0 Å². The minimum atomic E-state index is -1.13. The molecule has 0 spiro atoms. The third-order valence-electron chi connectivity index (χ3n) is 5.01. The van der Waals surface area contributed by atoms with E-state index >= 15 is 0 Å². The fourth-order valence-electron chi connectivity index (χ4n) is 3.49. The smallest absolute Gasteiger partial charge is 0.261 e. The van der Waals surface area contributed by atoms with Crippen LogP contribution in [0.1, 0.15) is 65.0 Å². The van der Waals surface area contributed by atoms with Gasteiger partial charge in [0.25, 0.3) is 5.91 Å². The monoisotopic (exact) mass is 333 g/mol. The highest BCUT2D eigenvalue weighted by molar-refractivity contribution is 7.20. The van der Waals surface area contributed by atoms with Crippen molar-refractivity contribution in [2.45, 2.75) is 64.1 Å². The van der Waals surface area contributed by atoms with E-state index in [1.54, 1.807) is 6.92 Å². The minimum Gasteiger partial charge on any atom is -0.348 e. The lowest BCUT2D eigenvalue weighted by Crippen LogP contribution is -2.51. The van der Waals surface area contributed by atoms with Gasteiger partial charge in [0, 0.05) is 24.3 Å². The van der Waals surface area contributed by atoms with E-state index in [0.29, 0.717) is 18.8 Å². The summed E-state index contributed by atoms with van der Waals surface area (Å²) in [6.07, 6.45) is 3.05. The number of aromatic nitrogens is 2. The Hall–Kier alpha value is -1.56. The molecule has 0 atom stereocenters. The van der Waals surface area contributed by atoms with Crippen molar-refractivity contribution in [3.8, 4) is 0 Å². The summed E-state index contributed by atoms with van der Waals surface area (Å²) < 4.78 is 13.6. The lowest BCUT2D eigenvalue weighted by Gasteiger charge is -2.38. The molecule has 2 heterocycles. The summed E-state index contributed by atoms with van der Waals surface area (Å²) in [5.41, 5.74) is 2.04. The molecule has 2 aliphatic carbocycles. The average Bonchev–Trinajstić information content (AvgIpc) is 3.21. The molecule has 1 amide bonds. The standard InChI is InChI=1S/C17H20FN3OS/c1-8-9(2)20-21-16-12(8)13(10-4-5-10)14(23-16)15(22)19-11-6-17(3,18)7-11/h10-11H,4-7H2,1-3H3,(H,19,22). The van der Waals surface area contributed by atoms with Gasteiger partial charge in [-0.3, -0.25) is 4.79 Å². The first kappa shape index (κ1) is 15.0. The highest BCUT2D eigenvalue weighted by Gasteiger charge is 2.42. The molecule has 0 radical (unpaired) electrons. The van der Waals surface area contributed by atoms with Crippen LogP contribution in [0.2, 0.25) is 0 Å². The Bertz CT molecular complexity index is 802. The van der Waals surface area contributed by atoms with Crippen LogP contribution < -0.4 is 5.32 Å². The van der Waals surface area contributed by atoms with Crippen molar-refractivity contribution in [3.63, 3.8) is 0 Å². The zero-order chi connectivity index (χ0) is 16.4. The maximum Gasteiger partial charge on any atom is 0.261 e. The second-order valence-corrected chi connectivity index (χ2v) is 8.20. The van der Waals surface area contributed by atoms with E-state index < -0.39 is 5.67 Å². The minimum absolute atomic E-state index is 0.0521. The van der Waals surface area contributed by atoms with E-state index in [2.05, 4.69) is 15.5 Å². The van der Waals surface area contributed by atoms with E-state index in [-0.39, 0.29) is 11.9 Å². The molecule has 2 aromatic rings. The summed E-state index contributed by atoms with van der Waals surface area (Å²) in [4.78, 5) is 14.3. The summed E-state index contributed by atoms with van der Waals surface area (Å²) in [7, 11) is 0. The van der Waals surface area contributed by atoms with Crippen LogP contribution >= 0.6 is 11.3 Å². The molecule has 2 aromatic heterocycles. The van der Waals surface area contributed by atoms with E-state index in [1.165, 1.54) is 11.3 Å². The fraction of sp³-hybridized carbons (Fsp3) is 0.588. The van der Waals surface area contributed by atoms with Crippen LogP contribution in [0, 0.1) is 13.8 Å². The summed E-state index contributed by atoms with van der Waals surface area (Å²) in [6.45, 7) is 5.59. The summed E-state index contributed by atoms with van der Waals surface area (Å²) in [5, 5.41) is 12.6. The summed E-state index contributed by atoms with van der Waals surface area (Å²) in [5.74, 6) is 0.382. The number of aryl methyl sites for hydroxylation is 2. The van der Waals surface area contributed by atoms with E-state index in [9.17, 15) is 9.18 Å². The SMILES string of the molecule is Cc1nnc2sc(C(=O)NC3CC(C)(F)C3)c(C3CC3)c2c1C. The molecule has 23 heavy (non-hydrogen) atoms. The van der Waals surface area contributed by atoms with Crippen molar-refractivity contribution < 1.29 is 9.18 Å². The Morgan fingerprint density at radius 1 is 1.30 bits per heavy atom. The van der Waals surface area contributed by atoms with Gasteiger partial charge in [-0.2, -0.15) is 5.10 Å². The first-order chi connectivity index (χ1) is 10.9. The van der Waals surface area contributed by atoms with Crippen LogP contribution in [0.15, 0.2) is 0 Å². The molecule has 4 nitrogen and oxygen atoms in total.